The summed E-state index contributed by atoms with van der Waals surface area (Å²) in [6.45, 7) is 0.690. The number of nitrogens with two attached hydrogens (primary N) is 1. The molecule has 1 aliphatic heterocycles. The second-order valence-corrected chi connectivity index (χ2v) is 8.02. The molecule has 9 heteroatoms. The van der Waals surface area contributed by atoms with Crippen molar-refractivity contribution in [2.45, 2.75) is 18.2 Å². The van der Waals surface area contributed by atoms with E-state index in [1.54, 1.807) is 36.4 Å². The Balaban J connectivity index is 1.90. The van der Waals surface area contributed by atoms with Gasteiger partial charge in [0.2, 0.25) is 10.0 Å². The number of carbonyl (C=O) groups is 1. The zero-order chi connectivity index (χ0) is 18.6. The van der Waals surface area contributed by atoms with E-state index in [0.29, 0.717) is 30.0 Å². The Morgan fingerprint density at radius 1 is 1.27 bits per heavy atom. The van der Waals surface area contributed by atoms with Crippen molar-refractivity contribution in [2.24, 2.45) is 5.84 Å². The second kappa shape index (κ2) is 7.81. The molecule has 2 heterocycles. The molecule has 0 radical (unpaired) electrons. The minimum absolute atomic E-state index is 0.0629. The summed E-state index contributed by atoms with van der Waals surface area (Å²) < 4.78 is 32.8. The van der Waals surface area contributed by atoms with E-state index in [1.165, 1.54) is 10.5 Å². The Kier molecular flexibility index (Phi) is 5.50. The lowest BCUT2D eigenvalue weighted by Gasteiger charge is -2.27. The first kappa shape index (κ1) is 18.3. The van der Waals surface area contributed by atoms with E-state index >= 15 is 0 Å². The molecule has 1 aromatic heterocycles. The van der Waals surface area contributed by atoms with E-state index in [1.807, 2.05) is 11.5 Å². The quantitative estimate of drug-likeness (QED) is 0.438. The van der Waals surface area contributed by atoms with Crippen molar-refractivity contribution in [1.29, 1.82) is 0 Å². The van der Waals surface area contributed by atoms with Crippen LogP contribution in [0.25, 0.3) is 0 Å². The average Bonchev–Trinajstić information content (AvgIpc) is 3.22. The number of benzene rings is 1. The van der Waals surface area contributed by atoms with E-state index in [-0.39, 0.29) is 13.2 Å². The number of nitrogens with one attached hydrogen (secondary N) is 1. The highest BCUT2D eigenvalue weighted by atomic mass is 32.2. The standard InChI is InChI=1S/C17H20N4O4S/c18-20-17(22)13-6-7-14(19-10-13)11-21(15-4-2-1-3-5-15)26(23,24)16-8-9-25-12-16/h1-7,10,16H,8-9,11-12,18H2,(H,20,22). The third kappa shape index (κ3) is 3.85. The predicted molar refractivity (Wildman–Crippen MR) is 96.7 cm³/mol. The first-order valence-electron chi connectivity index (χ1n) is 8.12. The molecule has 0 spiro atoms. The minimum atomic E-state index is -3.61. The van der Waals surface area contributed by atoms with Crippen molar-refractivity contribution in [3.05, 3.63) is 59.9 Å². The Morgan fingerprint density at radius 3 is 2.62 bits per heavy atom. The van der Waals surface area contributed by atoms with Gasteiger partial charge in [0.25, 0.3) is 5.91 Å². The van der Waals surface area contributed by atoms with Crippen LogP contribution in [0.5, 0.6) is 0 Å². The van der Waals surface area contributed by atoms with Crippen molar-refractivity contribution in [2.75, 3.05) is 17.5 Å². The van der Waals surface area contributed by atoms with Gasteiger partial charge in [0.05, 0.1) is 30.1 Å². The number of carbonyl (C=O) groups excluding carboxylic acids is 1. The summed E-state index contributed by atoms with van der Waals surface area (Å²) in [5, 5.41) is -0.579. The summed E-state index contributed by atoms with van der Waals surface area (Å²) in [6, 6.07) is 12.0. The van der Waals surface area contributed by atoms with E-state index in [2.05, 4.69) is 4.98 Å². The first-order valence-corrected chi connectivity index (χ1v) is 9.63. The molecule has 0 bridgehead atoms. The number of hydrogen-bond donors (Lipinski definition) is 2. The van der Waals surface area contributed by atoms with Crippen LogP contribution < -0.4 is 15.6 Å². The van der Waals surface area contributed by atoms with Gasteiger partial charge in [-0.25, -0.2) is 14.3 Å². The third-order valence-corrected chi connectivity index (χ3v) is 6.35. The number of hydrogen-bond acceptors (Lipinski definition) is 6. The molecule has 8 nitrogen and oxygen atoms in total. The number of hydrazine groups is 1. The summed E-state index contributed by atoms with van der Waals surface area (Å²) in [7, 11) is -3.61. The van der Waals surface area contributed by atoms with Crippen LogP contribution in [0, 0.1) is 0 Å². The minimum Gasteiger partial charge on any atom is -0.380 e. The molecule has 1 fully saturated rings. The molecule has 1 atom stereocenters. The number of aromatic nitrogens is 1. The zero-order valence-corrected chi connectivity index (χ0v) is 14.9. The summed E-state index contributed by atoms with van der Waals surface area (Å²) >= 11 is 0. The van der Waals surface area contributed by atoms with Crippen molar-refractivity contribution in [1.82, 2.24) is 10.4 Å². The molecule has 1 amide bonds. The maximum atomic E-state index is 13.1. The smallest absolute Gasteiger partial charge is 0.266 e. The second-order valence-electron chi connectivity index (χ2n) is 5.88. The molecule has 26 heavy (non-hydrogen) atoms. The van der Waals surface area contributed by atoms with Crippen molar-refractivity contribution in [3.63, 3.8) is 0 Å². The van der Waals surface area contributed by atoms with Gasteiger partial charge in [-0.2, -0.15) is 0 Å². The summed E-state index contributed by atoms with van der Waals surface area (Å²) in [5.74, 6) is 4.64. The molecule has 1 unspecified atom stereocenters. The van der Waals surface area contributed by atoms with Crippen LogP contribution in [0.3, 0.4) is 0 Å². The predicted octanol–water partition coefficient (Wildman–Crippen LogP) is 0.810. The number of para-hydroxylation sites is 1. The van der Waals surface area contributed by atoms with E-state index in [4.69, 9.17) is 10.6 Å². The van der Waals surface area contributed by atoms with Gasteiger partial charge in [-0.05, 0) is 30.7 Å². The number of nitrogens with zero attached hydrogens (tertiary/aromatic N) is 2. The summed E-state index contributed by atoms with van der Waals surface area (Å²) in [6.07, 6.45) is 1.83. The van der Waals surface area contributed by atoms with Crippen molar-refractivity contribution < 1.29 is 17.9 Å². The fraction of sp³-hybridized carbons (Fsp3) is 0.294. The Hall–Kier alpha value is -2.49. The molecular weight excluding hydrogens is 356 g/mol. The fourth-order valence-corrected chi connectivity index (χ4v) is 4.48. The van der Waals surface area contributed by atoms with Gasteiger partial charge in [-0.15, -0.1) is 0 Å². The van der Waals surface area contributed by atoms with Crippen LogP contribution in [0.1, 0.15) is 22.5 Å². The topological polar surface area (TPSA) is 115 Å². The number of sulfonamides is 1. The Bertz CT molecular complexity index is 850. The number of ether oxygens (including phenoxy) is 1. The number of nitrogen functional groups attached to an aromatic ring is 1. The molecule has 1 saturated heterocycles. The lowest BCUT2D eigenvalue weighted by atomic mass is 10.2. The fourth-order valence-electron chi connectivity index (χ4n) is 2.73. The molecule has 0 saturated carbocycles. The van der Waals surface area contributed by atoms with Gasteiger partial charge in [-0.1, -0.05) is 18.2 Å². The van der Waals surface area contributed by atoms with Gasteiger partial charge in [-0.3, -0.25) is 19.5 Å². The van der Waals surface area contributed by atoms with Crippen LogP contribution in [0.15, 0.2) is 48.7 Å². The van der Waals surface area contributed by atoms with Gasteiger partial charge in [0, 0.05) is 12.8 Å². The van der Waals surface area contributed by atoms with Gasteiger partial charge in [0.1, 0.15) is 5.25 Å². The molecule has 0 aliphatic carbocycles. The summed E-state index contributed by atoms with van der Waals surface area (Å²) in [4.78, 5) is 15.7. The van der Waals surface area contributed by atoms with Crippen molar-refractivity contribution >= 4 is 21.6 Å². The zero-order valence-electron chi connectivity index (χ0n) is 14.0. The van der Waals surface area contributed by atoms with Gasteiger partial charge < -0.3 is 4.74 Å². The SMILES string of the molecule is NNC(=O)c1ccc(CN(c2ccccc2)S(=O)(=O)C2CCOC2)nc1. The van der Waals surface area contributed by atoms with Crippen LogP contribution >= 0.6 is 0 Å². The third-order valence-electron chi connectivity index (χ3n) is 4.18. The van der Waals surface area contributed by atoms with Gasteiger partial charge >= 0.3 is 0 Å². The highest BCUT2D eigenvalue weighted by molar-refractivity contribution is 7.93. The Morgan fingerprint density at radius 2 is 2.04 bits per heavy atom. The number of rotatable bonds is 6. The van der Waals surface area contributed by atoms with Gasteiger partial charge in [0.15, 0.2) is 0 Å². The molecular formula is C17H20N4O4S. The number of anilines is 1. The average molecular weight is 376 g/mol. The Labute approximate surface area is 152 Å². The maximum Gasteiger partial charge on any atom is 0.266 e. The van der Waals surface area contributed by atoms with Crippen LogP contribution in [-0.4, -0.2) is 37.8 Å². The van der Waals surface area contributed by atoms with Crippen molar-refractivity contribution in [3.8, 4) is 0 Å². The lowest BCUT2D eigenvalue weighted by molar-refractivity contribution is 0.0953. The first-order chi connectivity index (χ1) is 12.5. The van der Waals surface area contributed by atoms with Crippen LogP contribution in [0.4, 0.5) is 5.69 Å². The number of amides is 1. The number of pyridine rings is 1. The van der Waals surface area contributed by atoms with E-state index < -0.39 is 21.2 Å². The molecule has 138 valence electrons. The van der Waals surface area contributed by atoms with Crippen LogP contribution in [-0.2, 0) is 21.3 Å². The molecule has 3 rings (SSSR count). The normalized spacial score (nSPS) is 17.0. The lowest BCUT2D eigenvalue weighted by Crippen LogP contribution is -2.39. The largest absolute Gasteiger partial charge is 0.380 e. The molecule has 3 N–H and O–H groups in total. The van der Waals surface area contributed by atoms with E-state index in [9.17, 15) is 13.2 Å². The van der Waals surface area contributed by atoms with E-state index in [0.717, 1.165) is 0 Å². The maximum absolute atomic E-state index is 13.1. The van der Waals surface area contributed by atoms with Crippen LogP contribution in [0.2, 0.25) is 0 Å². The molecule has 2 aromatic rings. The highest BCUT2D eigenvalue weighted by Crippen LogP contribution is 2.26. The highest BCUT2D eigenvalue weighted by Gasteiger charge is 2.35. The monoisotopic (exact) mass is 376 g/mol. The summed E-state index contributed by atoms with van der Waals surface area (Å²) in [5.41, 5.74) is 3.41. The molecule has 1 aromatic carbocycles. The molecule has 1 aliphatic rings.